The predicted molar refractivity (Wildman–Crippen MR) is 96.6 cm³/mol. The van der Waals surface area contributed by atoms with Gasteiger partial charge in [-0.05, 0) is 13.8 Å². The van der Waals surface area contributed by atoms with Gasteiger partial charge in [0, 0.05) is 0 Å². The molecule has 0 saturated heterocycles. The van der Waals surface area contributed by atoms with Gasteiger partial charge >= 0.3 is 0 Å². The quantitative estimate of drug-likeness (QED) is 0.754. The second kappa shape index (κ2) is 5.34. The number of hydrogen-bond donors (Lipinski definition) is 0. The average molecular weight is 299 g/mol. The molecule has 0 fully saturated rings. The molecule has 0 aliphatic heterocycles. The van der Waals surface area contributed by atoms with Crippen molar-refractivity contribution in [2.24, 2.45) is 0 Å². The zero-order chi connectivity index (χ0) is 15.0. The highest BCUT2D eigenvalue weighted by Crippen LogP contribution is 2.21. The minimum Gasteiger partial charge on any atom is -0.0671 e. The van der Waals surface area contributed by atoms with Gasteiger partial charge < -0.3 is 0 Å². The standard InChI is InChI=1S/C18H26Si2/c1-15-11-7-9-13-17(15)19(3,4)20(5,6)18-14-10-8-12-16(18)2/h7-14H,1-6H3. The summed E-state index contributed by atoms with van der Waals surface area (Å²) in [5, 5.41) is 3.28. The summed E-state index contributed by atoms with van der Waals surface area (Å²) >= 11 is 0. The summed E-state index contributed by atoms with van der Waals surface area (Å²) in [7, 11) is -2.97. The Balaban J connectivity index is 2.58. The van der Waals surface area contributed by atoms with Crippen LogP contribution < -0.4 is 10.4 Å². The Labute approximate surface area is 125 Å². The summed E-state index contributed by atoms with van der Waals surface area (Å²) in [6.45, 7) is 14.8. The van der Waals surface area contributed by atoms with E-state index in [0.29, 0.717) is 0 Å². The fraction of sp³-hybridized carbons (Fsp3) is 0.333. The second-order valence-corrected chi connectivity index (χ2v) is 22.0. The third-order valence-corrected chi connectivity index (χ3v) is 23.1. The van der Waals surface area contributed by atoms with Crippen molar-refractivity contribution in [2.45, 2.75) is 40.0 Å². The van der Waals surface area contributed by atoms with Gasteiger partial charge in [0.05, 0.1) is 15.2 Å². The van der Waals surface area contributed by atoms with E-state index in [1.54, 1.807) is 10.4 Å². The van der Waals surface area contributed by atoms with Crippen molar-refractivity contribution in [3.63, 3.8) is 0 Å². The molecule has 0 spiro atoms. The number of hydrogen-bond acceptors (Lipinski definition) is 0. The summed E-state index contributed by atoms with van der Waals surface area (Å²) in [6, 6.07) is 18.0. The Hall–Kier alpha value is -1.13. The van der Waals surface area contributed by atoms with Crippen molar-refractivity contribution in [1.82, 2.24) is 0 Å². The lowest BCUT2D eigenvalue weighted by Gasteiger charge is -2.41. The fourth-order valence-corrected chi connectivity index (χ4v) is 13.5. The molecule has 0 N–H and O–H groups in total. The van der Waals surface area contributed by atoms with Gasteiger partial charge in [0.25, 0.3) is 0 Å². The zero-order valence-corrected chi connectivity index (χ0v) is 15.6. The van der Waals surface area contributed by atoms with Crippen LogP contribution in [0.25, 0.3) is 0 Å². The van der Waals surface area contributed by atoms with Gasteiger partial charge in [-0.2, -0.15) is 0 Å². The summed E-state index contributed by atoms with van der Waals surface area (Å²) in [5.74, 6) is 0. The van der Waals surface area contributed by atoms with Crippen LogP contribution in [-0.2, 0) is 0 Å². The molecule has 0 heterocycles. The highest BCUT2D eigenvalue weighted by molar-refractivity contribution is 7.50. The van der Waals surface area contributed by atoms with Gasteiger partial charge in [0.15, 0.2) is 0 Å². The van der Waals surface area contributed by atoms with Crippen molar-refractivity contribution in [3.8, 4) is 0 Å². The van der Waals surface area contributed by atoms with Gasteiger partial charge in [-0.1, -0.05) is 96.2 Å². The lowest BCUT2D eigenvalue weighted by molar-refractivity contribution is 1.48. The average Bonchev–Trinajstić information content (AvgIpc) is 2.39. The largest absolute Gasteiger partial charge is 0.0795 e. The Morgan fingerprint density at radius 2 is 0.850 bits per heavy atom. The van der Waals surface area contributed by atoms with E-state index in [9.17, 15) is 0 Å². The number of rotatable bonds is 3. The van der Waals surface area contributed by atoms with Crippen LogP contribution >= 0.6 is 0 Å². The predicted octanol–water partition coefficient (Wildman–Crippen LogP) is 3.91. The molecule has 20 heavy (non-hydrogen) atoms. The molecule has 0 atom stereocenters. The van der Waals surface area contributed by atoms with Crippen LogP contribution in [0.15, 0.2) is 48.5 Å². The van der Waals surface area contributed by atoms with E-state index in [2.05, 4.69) is 88.6 Å². The molecule has 0 aliphatic carbocycles. The van der Waals surface area contributed by atoms with Crippen molar-refractivity contribution in [2.75, 3.05) is 0 Å². The molecule has 0 aromatic heterocycles. The van der Waals surface area contributed by atoms with Crippen LogP contribution in [0.1, 0.15) is 11.1 Å². The smallest absolute Gasteiger partial charge is 0.0671 e. The first-order chi connectivity index (χ1) is 9.28. The van der Waals surface area contributed by atoms with Gasteiger partial charge in [-0.3, -0.25) is 0 Å². The van der Waals surface area contributed by atoms with Crippen LogP contribution in [-0.4, -0.2) is 15.2 Å². The molecule has 2 aromatic carbocycles. The van der Waals surface area contributed by atoms with Crippen LogP contribution in [0.4, 0.5) is 0 Å². The highest BCUT2D eigenvalue weighted by atomic mass is 29.3. The normalized spacial score (nSPS) is 12.5. The summed E-state index contributed by atoms with van der Waals surface area (Å²) in [5.41, 5.74) is 2.94. The molecule has 0 aliphatic rings. The third-order valence-electron chi connectivity index (χ3n) is 5.20. The van der Waals surface area contributed by atoms with E-state index in [0.717, 1.165) is 0 Å². The van der Waals surface area contributed by atoms with Crippen molar-refractivity contribution < 1.29 is 0 Å². The Kier molecular flexibility index (Phi) is 4.08. The Morgan fingerprint density at radius 3 is 1.15 bits per heavy atom. The van der Waals surface area contributed by atoms with Gasteiger partial charge in [0.2, 0.25) is 0 Å². The van der Waals surface area contributed by atoms with Crippen LogP contribution in [0.2, 0.25) is 26.2 Å². The van der Waals surface area contributed by atoms with E-state index in [4.69, 9.17) is 0 Å². The maximum absolute atomic E-state index is 2.56. The SMILES string of the molecule is Cc1ccccc1[Si](C)(C)[Si](C)(C)c1ccccc1C. The first-order valence-corrected chi connectivity index (χ1v) is 14.4. The van der Waals surface area contributed by atoms with E-state index in [1.165, 1.54) is 11.1 Å². The first-order valence-electron chi connectivity index (χ1n) is 7.40. The maximum atomic E-state index is 2.56. The molecule has 2 rings (SSSR count). The molecule has 0 bridgehead atoms. The molecular weight excluding hydrogens is 272 g/mol. The lowest BCUT2D eigenvalue weighted by Crippen LogP contribution is -2.70. The maximum Gasteiger partial charge on any atom is 0.0795 e. The van der Waals surface area contributed by atoms with Crippen LogP contribution in [0.3, 0.4) is 0 Å². The van der Waals surface area contributed by atoms with Crippen molar-refractivity contribution in [1.29, 1.82) is 0 Å². The van der Waals surface area contributed by atoms with Gasteiger partial charge in [-0.15, -0.1) is 0 Å². The van der Waals surface area contributed by atoms with E-state index < -0.39 is 15.2 Å². The molecular formula is C18H26Si2. The van der Waals surface area contributed by atoms with Crippen LogP contribution in [0, 0.1) is 13.8 Å². The van der Waals surface area contributed by atoms with E-state index >= 15 is 0 Å². The second-order valence-electron chi connectivity index (χ2n) is 6.88. The zero-order valence-electron chi connectivity index (χ0n) is 13.6. The Bertz CT molecular complexity index is 557. The van der Waals surface area contributed by atoms with Crippen molar-refractivity contribution >= 4 is 25.6 Å². The topological polar surface area (TPSA) is 0 Å². The molecule has 0 amide bonds. The minimum absolute atomic E-state index is 1.47. The first kappa shape index (κ1) is 15.3. The number of aryl methyl sites for hydroxylation is 2. The molecule has 0 radical (unpaired) electrons. The molecule has 2 aromatic rings. The van der Waals surface area contributed by atoms with E-state index in [1.807, 2.05) is 0 Å². The molecule has 106 valence electrons. The fourth-order valence-electron chi connectivity index (χ4n) is 3.22. The van der Waals surface area contributed by atoms with Crippen LogP contribution in [0.5, 0.6) is 0 Å². The number of benzene rings is 2. The lowest BCUT2D eigenvalue weighted by atomic mass is 10.2. The summed E-state index contributed by atoms with van der Waals surface area (Å²) < 4.78 is 0. The molecule has 0 saturated carbocycles. The summed E-state index contributed by atoms with van der Waals surface area (Å²) in [4.78, 5) is 0. The van der Waals surface area contributed by atoms with E-state index in [-0.39, 0.29) is 0 Å². The monoisotopic (exact) mass is 298 g/mol. The molecule has 0 nitrogen and oxygen atoms in total. The van der Waals surface area contributed by atoms with Crippen molar-refractivity contribution in [3.05, 3.63) is 59.7 Å². The highest BCUT2D eigenvalue weighted by Gasteiger charge is 2.44. The van der Waals surface area contributed by atoms with Gasteiger partial charge in [0.1, 0.15) is 0 Å². The molecule has 0 unspecified atom stereocenters. The molecule has 2 heteroatoms. The summed E-state index contributed by atoms with van der Waals surface area (Å²) in [6.07, 6.45) is 0. The Morgan fingerprint density at radius 1 is 0.550 bits per heavy atom. The third kappa shape index (κ3) is 2.42. The minimum atomic E-state index is -1.48. The van der Waals surface area contributed by atoms with Gasteiger partial charge in [-0.25, -0.2) is 0 Å².